The Morgan fingerprint density at radius 1 is 0.956 bits per heavy atom. The van der Waals surface area contributed by atoms with E-state index in [1.165, 1.54) is 16.8 Å². The monoisotopic (exact) mass is 611 g/mol. The molecule has 45 heavy (non-hydrogen) atoms. The van der Waals surface area contributed by atoms with Gasteiger partial charge in [0.05, 0.1) is 37.2 Å². The molecule has 6 rings (SSSR count). The van der Waals surface area contributed by atoms with Gasteiger partial charge in [-0.1, -0.05) is 41.6 Å². The van der Waals surface area contributed by atoms with Gasteiger partial charge >= 0.3 is 0 Å². The fourth-order valence-corrected chi connectivity index (χ4v) is 5.92. The van der Waals surface area contributed by atoms with Crippen LogP contribution in [0.1, 0.15) is 28.8 Å². The summed E-state index contributed by atoms with van der Waals surface area (Å²) >= 11 is 0. The van der Waals surface area contributed by atoms with Crippen LogP contribution in [0.25, 0.3) is 5.69 Å². The van der Waals surface area contributed by atoms with E-state index in [2.05, 4.69) is 26.3 Å². The van der Waals surface area contributed by atoms with E-state index in [0.29, 0.717) is 36.6 Å². The van der Waals surface area contributed by atoms with E-state index in [9.17, 15) is 18.8 Å². The van der Waals surface area contributed by atoms with Crippen LogP contribution in [0.3, 0.4) is 0 Å². The van der Waals surface area contributed by atoms with Crippen molar-refractivity contribution in [3.05, 3.63) is 107 Å². The fraction of sp³-hybridized carbons (Fsp3) is 0.303. The Balaban J connectivity index is 1.28. The molecule has 1 aromatic heterocycles. The van der Waals surface area contributed by atoms with E-state index in [1.807, 2.05) is 53.4 Å². The van der Waals surface area contributed by atoms with Crippen LogP contribution in [0.4, 0.5) is 4.39 Å². The van der Waals surface area contributed by atoms with E-state index in [-0.39, 0.29) is 49.0 Å². The van der Waals surface area contributed by atoms with Gasteiger partial charge in [0.15, 0.2) is 0 Å². The molecule has 4 aromatic rings. The number of fused-ring (bicyclic) bond motifs is 3. The third-order valence-electron chi connectivity index (χ3n) is 8.19. The Kier molecular flexibility index (Phi) is 8.83. The predicted molar refractivity (Wildman–Crippen MR) is 163 cm³/mol. The highest BCUT2D eigenvalue weighted by Gasteiger charge is 2.39. The van der Waals surface area contributed by atoms with Crippen molar-refractivity contribution in [2.45, 2.75) is 50.5 Å². The van der Waals surface area contributed by atoms with Gasteiger partial charge in [0.25, 0.3) is 0 Å². The zero-order valence-corrected chi connectivity index (χ0v) is 24.8. The number of halogens is 1. The molecule has 2 aliphatic rings. The molecule has 0 spiro atoms. The molecule has 232 valence electrons. The molecular formula is C33H34FN7O4. The summed E-state index contributed by atoms with van der Waals surface area (Å²) in [5.41, 5.74) is 3.68. The molecule has 0 aliphatic carbocycles. The summed E-state index contributed by atoms with van der Waals surface area (Å²) in [5, 5.41) is 17.4. The number of rotatable bonds is 6. The summed E-state index contributed by atoms with van der Waals surface area (Å²) in [5.74, 6) is -0.502. The first-order chi connectivity index (χ1) is 21.8. The number of hydrogen-bond donors (Lipinski definition) is 3. The number of nitrogens with zero attached hydrogens (tertiary/aromatic N) is 4. The number of aromatic nitrogens is 3. The van der Waals surface area contributed by atoms with Gasteiger partial charge in [0.2, 0.25) is 17.7 Å². The predicted octanol–water partition coefficient (Wildman–Crippen LogP) is 2.07. The molecule has 3 amide bonds. The van der Waals surface area contributed by atoms with Crippen molar-refractivity contribution in [1.82, 2.24) is 35.8 Å². The zero-order chi connectivity index (χ0) is 31.3. The number of carbonyl (C=O) groups excluding carboxylic acids is 3. The van der Waals surface area contributed by atoms with Crippen LogP contribution in [0.15, 0.2) is 79.0 Å². The maximum atomic E-state index is 13.9. The van der Waals surface area contributed by atoms with E-state index >= 15 is 0 Å². The number of ether oxygens (including phenoxy) is 1. The molecule has 2 bridgehead atoms. The molecule has 3 N–H and O–H groups in total. The van der Waals surface area contributed by atoms with Crippen molar-refractivity contribution < 1.29 is 23.5 Å². The van der Waals surface area contributed by atoms with Gasteiger partial charge < -0.3 is 20.7 Å². The number of methoxy groups -OCH3 is 1. The van der Waals surface area contributed by atoms with Gasteiger partial charge in [-0.2, -0.15) is 0 Å². The summed E-state index contributed by atoms with van der Waals surface area (Å²) in [4.78, 5) is 42.7. The van der Waals surface area contributed by atoms with Gasteiger partial charge in [-0.3, -0.25) is 19.3 Å². The Morgan fingerprint density at radius 3 is 2.56 bits per heavy atom. The van der Waals surface area contributed by atoms with Crippen molar-refractivity contribution in [3.63, 3.8) is 0 Å². The summed E-state index contributed by atoms with van der Waals surface area (Å²) < 4.78 is 20.3. The molecule has 1 saturated heterocycles. The normalized spacial score (nSPS) is 20.8. The van der Waals surface area contributed by atoms with Crippen LogP contribution >= 0.6 is 0 Å². The highest BCUT2D eigenvalue weighted by Crippen LogP contribution is 2.24. The number of likely N-dealkylation sites (tertiary alicyclic amines) is 1. The van der Waals surface area contributed by atoms with E-state index in [4.69, 9.17) is 4.74 Å². The van der Waals surface area contributed by atoms with Crippen molar-refractivity contribution in [2.24, 2.45) is 0 Å². The number of nitrogens with one attached hydrogen (secondary N) is 3. The Hall–Kier alpha value is -5.10. The number of carbonyl (C=O) groups is 3. The summed E-state index contributed by atoms with van der Waals surface area (Å²) in [6, 6.07) is 19.1. The minimum Gasteiger partial charge on any atom is -0.497 e. The van der Waals surface area contributed by atoms with Crippen LogP contribution in [-0.2, 0) is 40.3 Å². The second kappa shape index (κ2) is 13.3. The van der Waals surface area contributed by atoms with Crippen molar-refractivity contribution in [1.29, 1.82) is 0 Å². The average molecular weight is 612 g/mol. The Labute approximate surface area is 259 Å². The van der Waals surface area contributed by atoms with Crippen molar-refractivity contribution >= 4 is 17.7 Å². The standard InChI is InChI=1S/C33H34FN7O4/c1-45-28-8-4-5-21(13-28)18-40-19-25-16-30(40)33(44)37-29(15-26-20-41(39-38-26)27-11-9-24(34)10-12-27)32(43)35-17-23-7-3-2-6-22(23)14-31(42)36-25/h2-13,20,25,29-30H,14-19H2,1H3,(H,35,43)(H,36,42)(H,37,44)/t25-,29-,30+/m1/s1. The highest BCUT2D eigenvalue weighted by molar-refractivity contribution is 5.90. The van der Waals surface area contributed by atoms with Gasteiger partial charge in [-0.25, -0.2) is 9.07 Å². The average Bonchev–Trinajstić information content (AvgIpc) is 3.67. The first-order valence-electron chi connectivity index (χ1n) is 14.8. The zero-order valence-electron chi connectivity index (χ0n) is 24.8. The van der Waals surface area contributed by atoms with Crippen molar-refractivity contribution in [3.8, 4) is 11.4 Å². The molecule has 1 fully saturated rings. The first kappa shape index (κ1) is 29.9. The summed E-state index contributed by atoms with van der Waals surface area (Å²) in [7, 11) is 1.60. The second-order valence-corrected chi connectivity index (χ2v) is 11.4. The Bertz CT molecular complexity index is 1690. The van der Waals surface area contributed by atoms with Gasteiger partial charge in [0.1, 0.15) is 17.6 Å². The first-order valence-corrected chi connectivity index (χ1v) is 14.8. The van der Waals surface area contributed by atoms with Crippen LogP contribution in [-0.4, -0.2) is 69.4 Å². The van der Waals surface area contributed by atoms with Gasteiger partial charge in [-0.15, -0.1) is 5.10 Å². The van der Waals surface area contributed by atoms with E-state index < -0.39 is 12.1 Å². The third kappa shape index (κ3) is 7.18. The molecule has 3 atom stereocenters. The summed E-state index contributed by atoms with van der Waals surface area (Å²) in [6.45, 7) is 1.10. The molecule has 0 unspecified atom stereocenters. The van der Waals surface area contributed by atoms with Crippen LogP contribution in [0.5, 0.6) is 5.75 Å². The number of amides is 3. The van der Waals surface area contributed by atoms with Gasteiger partial charge in [0, 0.05) is 32.1 Å². The second-order valence-electron chi connectivity index (χ2n) is 11.4. The van der Waals surface area contributed by atoms with Crippen molar-refractivity contribution in [2.75, 3.05) is 13.7 Å². The van der Waals surface area contributed by atoms with Gasteiger partial charge in [-0.05, 0) is 59.5 Å². The molecule has 3 aromatic carbocycles. The molecule has 0 radical (unpaired) electrons. The van der Waals surface area contributed by atoms with E-state index in [0.717, 1.165) is 16.7 Å². The van der Waals surface area contributed by atoms with Crippen LogP contribution in [0, 0.1) is 5.82 Å². The largest absolute Gasteiger partial charge is 0.497 e. The smallest absolute Gasteiger partial charge is 0.243 e. The molecule has 2 aliphatic heterocycles. The maximum absolute atomic E-state index is 13.9. The number of hydrogen-bond acceptors (Lipinski definition) is 7. The lowest BCUT2D eigenvalue weighted by Crippen LogP contribution is -2.53. The third-order valence-corrected chi connectivity index (χ3v) is 8.19. The molecule has 11 nitrogen and oxygen atoms in total. The quantitative estimate of drug-likeness (QED) is 0.304. The minimum atomic E-state index is -0.946. The molecule has 0 saturated carbocycles. The molecule has 3 heterocycles. The minimum absolute atomic E-state index is 0.0865. The lowest BCUT2D eigenvalue weighted by molar-refractivity contribution is -0.131. The highest BCUT2D eigenvalue weighted by atomic mass is 19.1. The maximum Gasteiger partial charge on any atom is 0.243 e. The van der Waals surface area contributed by atoms with Crippen LogP contribution < -0.4 is 20.7 Å². The van der Waals surface area contributed by atoms with E-state index in [1.54, 1.807) is 25.4 Å². The lowest BCUT2D eigenvalue weighted by atomic mass is 10.0. The SMILES string of the molecule is COc1cccc(CN2C[C@H]3C[C@H]2C(=O)N[C@H](Cc2cn(-c4ccc(F)cc4)nn2)C(=O)NCc2ccccc2CC(=O)N3)c1. The topological polar surface area (TPSA) is 130 Å². The molecular weight excluding hydrogens is 577 g/mol. The summed E-state index contributed by atoms with van der Waals surface area (Å²) in [6.07, 6.45) is 2.29. The molecule has 12 heteroatoms. The number of benzene rings is 3. The lowest BCUT2D eigenvalue weighted by Gasteiger charge is -2.26. The Morgan fingerprint density at radius 2 is 1.76 bits per heavy atom. The van der Waals surface area contributed by atoms with Crippen LogP contribution in [0.2, 0.25) is 0 Å². The fourth-order valence-electron chi connectivity index (χ4n) is 5.92.